The molecular formula is C15H22N2O2. The number of rotatable bonds is 4. The first-order chi connectivity index (χ1) is 9.16. The third kappa shape index (κ3) is 3.96. The zero-order valence-corrected chi connectivity index (χ0v) is 11.5. The summed E-state index contributed by atoms with van der Waals surface area (Å²) in [5.74, 6) is 0.783. The Morgan fingerprint density at radius 1 is 1.37 bits per heavy atom. The van der Waals surface area contributed by atoms with Crippen molar-refractivity contribution in [1.29, 1.82) is 0 Å². The quantitative estimate of drug-likeness (QED) is 0.904. The second kappa shape index (κ2) is 6.57. The maximum atomic E-state index is 12.0. The van der Waals surface area contributed by atoms with Crippen molar-refractivity contribution in [2.75, 3.05) is 19.7 Å². The Kier molecular flexibility index (Phi) is 4.80. The molecule has 2 N–H and O–H groups in total. The van der Waals surface area contributed by atoms with Crippen LogP contribution in [0.1, 0.15) is 37.8 Å². The van der Waals surface area contributed by atoms with Crippen molar-refractivity contribution >= 4 is 5.91 Å². The molecule has 0 radical (unpaired) electrons. The average molecular weight is 262 g/mol. The number of likely N-dealkylation sites (tertiary alicyclic amines) is 1. The summed E-state index contributed by atoms with van der Waals surface area (Å²) in [7, 11) is 0. The molecule has 19 heavy (non-hydrogen) atoms. The highest BCUT2D eigenvalue weighted by atomic mass is 16.5. The van der Waals surface area contributed by atoms with E-state index in [0.717, 1.165) is 31.5 Å². The molecule has 1 saturated heterocycles. The first kappa shape index (κ1) is 13.9. The van der Waals surface area contributed by atoms with Crippen molar-refractivity contribution in [1.82, 2.24) is 4.90 Å². The van der Waals surface area contributed by atoms with E-state index in [1.807, 2.05) is 36.1 Å². The number of hydrogen-bond donors (Lipinski definition) is 1. The van der Waals surface area contributed by atoms with E-state index in [-0.39, 0.29) is 18.6 Å². The first-order valence-corrected chi connectivity index (χ1v) is 6.93. The predicted molar refractivity (Wildman–Crippen MR) is 75.0 cm³/mol. The van der Waals surface area contributed by atoms with E-state index in [2.05, 4.69) is 0 Å². The Balaban J connectivity index is 1.87. The summed E-state index contributed by atoms with van der Waals surface area (Å²) >= 11 is 0. The molecule has 1 aromatic carbocycles. The molecule has 4 heteroatoms. The van der Waals surface area contributed by atoms with E-state index in [4.69, 9.17) is 10.5 Å². The summed E-state index contributed by atoms with van der Waals surface area (Å²) in [5.41, 5.74) is 6.84. The van der Waals surface area contributed by atoms with Gasteiger partial charge in [-0.05, 0) is 43.9 Å². The van der Waals surface area contributed by atoms with E-state index in [0.29, 0.717) is 5.75 Å². The lowest BCUT2D eigenvalue weighted by molar-refractivity contribution is -0.134. The minimum Gasteiger partial charge on any atom is -0.484 e. The van der Waals surface area contributed by atoms with Gasteiger partial charge in [-0.15, -0.1) is 0 Å². The number of hydrogen-bond acceptors (Lipinski definition) is 3. The Morgan fingerprint density at radius 3 is 2.79 bits per heavy atom. The van der Waals surface area contributed by atoms with Gasteiger partial charge in [0.05, 0.1) is 0 Å². The van der Waals surface area contributed by atoms with E-state index in [9.17, 15) is 4.79 Å². The van der Waals surface area contributed by atoms with Gasteiger partial charge in [0, 0.05) is 19.1 Å². The van der Waals surface area contributed by atoms with E-state index >= 15 is 0 Å². The molecule has 1 heterocycles. The smallest absolute Gasteiger partial charge is 0.260 e. The van der Waals surface area contributed by atoms with Crippen LogP contribution in [0.4, 0.5) is 0 Å². The van der Waals surface area contributed by atoms with Crippen molar-refractivity contribution in [2.24, 2.45) is 5.73 Å². The number of carbonyl (C=O) groups is 1. The maximum absolute atomic E-state index is 12.0. The molecular weight excluding hydrogens is 240 g/mol. The van der Waals surface area contributed by atoms with Gasteiger partial charge in [0.25, 0.3) is 5.91 Å². The van der Waals surface area contributed by atoms with Gasteiger partial charge in [0.2, 0.25) is 0 Å². The fourth-order valence-corrected chi connectivity index (χ4v) is 2.27. The van der Waals surface area contributed by atoms with Crippen molar-refractivity contribution in [3.8, 4) is 5.75 Å². The van der Waals surface area contributed by atoms with Crippen LogP contribution in [0.25, 0.3) is 0 Å². The number of nitrogens with two attached hydrogens (primary N) is 1. The lowest BCUT2D eigenvalue weighted by Gasteiger charge is -2.26. The molecule has 0 saturated carbocycles. The van der Waals surface area contributed by atoms with Gasteiger partial charge in [-0.1, -0.05) is 12.1 Å². The number of benzene rings is 1. The molecule has 1 aliphatic heterocycles. The van der Waals surface area contributed by atoms with Crippen LogP contribution in [-0.4, -0.2) is 30.5 Å². The number of amides is 1. The van der Waals surface area contributed by atoms with Gasteiger partial charge in [0.15, 0.2) is 6.61 Å². The summed E-state index contributed by atoms with van der Waals surface area (Å²) < 4.78 is 5.57. The molecule has 0 unspecified atom stereocenters. The van der Waals surface area contributed by atoms with Crippen LogP contribution in [0, 0.1) is 0 Å². The molecule has 0 aliphatic carbocycles. The fourth-order valence-electron chi connectivity index (χ4n) is 2.27. The Bertz CT molecular complexity index is 426. The summed E-state index contributed by atoms with van der Waals surface area (Å²) in [4.78, 5) is 13.9. The third-order valence-corrected chi connectivity index (χ3v) is 3.45. The van der Waals surface area contributed by atoms with Crippen LogP contribution < -0.4 is 10.5 Å². The topological polar surface area (TPSA) is 55.6 Å². The summed E-state index contributed by atoms with van der Waals surface area (Å²) in [6, 6.07) is 7.59. The molecule has 104 valence electrons. The number of piperidine rings is 1. The van der Waals surface area contributed by atoms with Crippen LogP contribution in [0.2, 0.25) is 0 Å². The summed E-state index contributed by atoms with van der Waals surface area (Å²) in [6.45, 7) is 3.77. The van der Waals surface area contributed by atoms with Gasteiger partial charge in [-0.2, -0.15) is 0 Å². The molecule has 0 spiro atoms. The second-order valence-electron chi connectivity index (χ2n) is 5.09. The largest absolute Gasteiger partial charge is 0.484 e. The maximum Gasteiger partial charge on any atom is 0.260 e. The highest BCUT2D eigenvalue weighted by Gasteiger charge is 2.16. The monoisotopic (exact) mass is 262 g/mol. The van der Waals surface area contributed by atoms with Crippen molar-refractivity contribution in [2.45, 2.75) is 32.2 Å². The molecule has 0 bridgehead atoms. The number of nitrogens with zero attached hydrogens (tertiary/aromatic N) is 1. The van der Waals surface area contributed by atoms with Crippen LogP contribution in [0.15, 0.2) is 24.3 Å². The van der Waals surface area contributed by atoms with E-state index in [1.54, 1.807) is 0 Å². The number of carbonyl (C=O) groups excluding carboxylic acids is 1. The predicted octanol–water partition coefficient (Wildman–Crippen LogP) is 2.10. The lowest BCUT2D eigenvalue weighted by atomic mass is 10.1. The van der Waals surface area contributed by atoms with Crippen molar-refractivity contribution in [3.05, 3.63) is 29.8 Å². The number of ether oxygens (including phenoxy) is 1. The molecule has 1 amide bonds. The Morgan fingerprint density at radius 2 is 2.11 bits per heavy atom. The minimum absolute atomic E-state index is 0.0265. The summed E-state index contributed by atoms with van der Waals surface area (Å²) in [5, 5.41) is 0. The van der Waals surface area contributed by atoms with Crippen LogP contribution in [0.3, 0.4) is 0 Å². The van der Waals surface area contributed by atoms with Crippen LogP contribution >= 0.6 is 0 Å². The van der Waals surface area contributed by atoms with Gasteiger partial charge in [-0.25, -0.2) is 0 Å². The third-order valence-electron chi connectivity index (χ3n) is 3.45. The van der Waals surface area contributed by atoms with Crippen molar-refractivity contribution < 1.29 is 9.53 Å². The van der Waals surface area contributed by atoms with Crippen molar-refractivity contribution in [3.63, 3.8) is 0 Å². The van der Waals surface area contributed by atoms with Gasteiger partial charge >= 0.3 is 0 Å². The second-order valence-corrected chi connectivity index (χ2v) is 5.09. The highest BCUT2D eigenvalue weighted by Crippen LogP contribution is 2.18. The molecule has 0 aromatic heterocycles. The van der Waals surface area contributed by atoms with Gasteiger partial charge in [-0.3, -0.25) is 4.79 Å². The fraction of sp³-hybridized carbons (Fsp3) is 0.533. The van der Waals surface area contributed by atoms with Crippen LogP contribution in [0.5, 0.6) is 5.75 Å². The van der Waals surface area contributed by atoms with Gasteiger partial charge < -0.3 is 15.4 Å². The molecule has 2 rings (SSSR count). The standard InChI is InChI=1S/C15H22N2O2/c1-12(16)13-6-5-7-14(10-13)19-11-15(18)17-8-3-2-4-9-17/h5-7,10,12H,2-4,8-9,11,16H2,1H3/t12-/m1/s1. The summed E-state index contributed by atoms with van der Waals surface area (Å²) in [6.07, 6.45) is 3.43. The molecule has 4 nitrogen and oxygen atoms in total. The first-order valence-electron chi connectivity index (χ1n) is 6.93. The normalized spacial score (nSPS) is 17.1. The molecule has 1 fully saturated rings. The Labute approximate surface area is 114 Å². The zero-order chi connectivity index (χ0) is 13.7. The van der Waals surface area contributed by atoms with E-state index in [1.165, 1.54) is 6.42 Å². The molecule has 1 atom stereocenters. The van der Waals surface area contributed by atoms with Gasteiger partial charge in [0.1, 0.15) is 5.75 Å². The molecule has 1 aromatic rings. The minimum atomic E-state index is -0.0265. The molecule has 1 aliphatic rings. The van der Waals surface area contributed by atoms with E-state index < -0.39 is 0 Å². The zero-order valence-electron chi connectivity index (χ0n) is 11.5. The SMILES string of the molecule is C[C@@H](N)c1cccc(OCC(=O)N2CCCCC2)c1. The Hall–Kier alpha value is -1.55. The van der Waals surface area contributed by atoms with Crippen LogP contribution in [-0.2, 0) is 4.79 Å². The lowest BCUT2D eigenvalue weighted by Crippen LogP contribution is -2.38. The highest BCUT2D eigenvalue weighted by molar-refractivity contribution is 5.77. The average Bonchev–Trinajstić information content (AvgIpc) is 2.46.